The third kappa shape index (κ3) is 3.01. The molecule has 0 saturated carbocycles. The Bertz CT molecular complexity index is 807. The third-order valence-electron chi connectivity index (χ3n) is 2.98. The summed E-state index contributed by atoms with van der Waals surface area (Å²) in [6, 6.07) is 10.1. The first-order chi connectivity index (χ1) is 10.2. The molecule has 0 amide bonds. The van der Waals surface area contributed by atoms with E-state index in [-0.39, 0.29) is 0 Å². The Hall–Kier alpha value is -1.28. The molecule has 0 fully saturated rings. The summed E-state index contributed by atoms with van der Waals surface area (Å²) >= 11 is 5.79. The van der Waals surface area contributed by atoms with Crippen molar-refractivity contribution in [3.05, 3.63) is 44.6 Å². The van der Waals surface area contributed by atoms with E-state index in [0.717, 1.165) is 37.0 Å². The third-order valence-corrected chi connectivity index (χ3v) is 4.37. The van der Waals surface area contributed by atoms with Crippen LogP contribution in [0.1, 0.15) is 6.92 Å². The van der Waals surface area contributed by atoms with Gasteiger partial charge in [0.05, 0.1) is 9.09 Å². The van der Waals surface area contributed by atoms with Crippen LogP contribution < -0.4 is 5.32 Å². The second-order valence-electron chi connectivity index (χ2n) is 4.43. The number of pyridine rings is 1. The van der Waals surface area contributed by atoms with Crippen LogP contribution in [0.2, 0.25) is 0 Å². The lowest BCUT2D eigenvalue weighted by Crippen LogP contribution is -2.04. The Balaban J connectivity index is 2.15. The average Bonchev–Trinajstić information content (AvgIpc) is 2.49. The van der Waals surface area contributed by atoms with Gasteiger partial charge < -0.3 is 5.32 Å². The van der Waals surface area contributed by atoms with Crippen LogP contribution in [-0.4, -0.2) is 21.5 Å². The van der Waals surface area contributed by atoms with Crippen molar-refractivity contribution in [3.63, 3.8) is 0 Å². The Morgan fingerprint density at radius 1 is 1.24 bits per heavy atom. The van der Waals surface area contributed by atoms with Crippen LogP contribution in [0.3, 0.4) is 0 Å². The number of para-hydroxylation sites is 1. The van der Waals surface area contributed by atoms with Crippen molar-refractivity contribution in [1.29, 1.82) is 0 Å². The number of fused-ring (bicyclic) bond motifs is 1. The van der Waals surface area contributed by atoms with Crippen LogP contribution in [-0.2, 0) is 0 Å². The summed E-state index contributed by atoms with van der Waals surface area (Å²) in [5.41, 5.74) is 1.69. The predicted octanol–water partition coefficient (Wildman–Crippen LogP) is 4.49. The molecule has 106 valence electrons. The molecule has 0 saturated heterocycles. The molecule has 1 aromatic carbocycles. The van der Waals surface area contributed by atoms with Gasteiger partial charge in [0.25, 0.3) is 0 Å². The molecule has 0 aliphatic carbocycles. The second kappa shape index (κ2) is 6.23. The molecule has 0 aliphatic heterocycles. The van der Waals surface area contributed by atoms with Gasteiger partial charge in [-0.05, 0) is 57.6 Å². The van der Waals surface area contributed by atoms with E-state index in [2.05, 4.69) is 58.8 Å². The maximum Gasteiger partial charge on any atom is 0.181 e. The molecule has 6 heteroatoms. The van der Waals surface area contributed by atoms with Gasteiger partial charge in [-0.15, -0.1) is 0 Å². The molecule has 2 heterocycles. The van der Waals surface area contributed by atoms with Crippen molar-refractivity contribution in [1.82, 2.24) is 15.0 Å². The largest absolute Gasteiger partial charge is 0.369 e. The minimum absolute atomic E-state index is 0.615. The van der Waals surface area contributed by atoms with Crippen molar-refractivity contribution in [2.24, 2.45) is 0 Å². The number of benzene rings is 1. The first-order valence-electron chi connectivity index (χ1n) is 6.51. The van der Waals surface area contributed by atoms with Crippen LogP contribution in [0.4, 0.5) is 5.82 Å². The maximum atomic E-state index is 4.67. The Kier molecular flexibility index (Phi) is 4.34. The molecule has 2 aromatic heterocycles. The van der Waals surface area contributed by atoms with Crippen molar-refractivity contribution < 1.29 is 0 Å². The highest BCUT2D eigenvalue weighted by Crippen LogP contribution is 2.28. The van der Waals surface area contributed by atoms with Crippen molar-refractivity contribution in [2.45, 2.75) is 6.92 Å². The monoisotopic (exact) mass is 454 g/mol. The summed E-state index contributed by atoms with van der Waals surface area (Å²) in [4.78, 5) is 13.7. The zero-order chi connectivity index (χ0) is 14.8. The molecule has 1 N–H and O–H groups in total. The molecule has 21 heavy (non-hydrogen) atoms. The van der Waals surface area contributed by atoms with Crippen LogP contribution >= 0.6 is 38.5 Å². The second-order valence-corrected chi connectivity index (χ2v) is 6.45. The zero-order valence-corrected chi connectivity index (χ0v) is 15.0. The lowest BCUT2D eigenvalue weighted by molar-refractivity contribution is 1.09. The highest BCUT2D eigenvalue weighted by Gasteiger charge is 2.12. The first-order valence-corrected chi connectivity index (χ1v) is 8.38. The quantitative estimate of drug-likeness (QED) is 0.592. The molecular formula is C15H12BrIN4. The summed E-state index contributed by atoms with van der Waals surface area (Å²) in [5, 5.41) is 4.33. The summed E-state index contributed by atoms with van der Waals surface area (Å²) in [5.74, 6) is 1.45. The van der Waals surface area contributed by atoms with Gasteiger partial charge in [0.15, 0.2) is 5.82 Å². The van der Waals surface area contributed by atoms with Crippen molar-refractivity contribution in [3.8, 4) is 11.5 Å². The molecule has 0 spiro atoms. The molecule has 0 unspecified atom stereocenters. The van der Waals surface area contributed by atoms with Crippen LogP contribution in [0.5, 0.6) is 0 Å². The van der Waals surface area contributed by atoms with Crippen LogP contribution in [0, 0.1) is 3.57 Å². The number of halogens is 2. The lowest BCUT2D eigenvalue weighted by atomic mass is 10.2. The number of hydrogen-bond acceptors (Lipinski definition) is 4. The highest BCUT2D eigenvalue weighted by atomic mass is 127. The van der Waals surface area contributed by atoms with Gasteiger partial charge >= 0.3 is 0 Å². The van der Waals surface area contributed by atoms with Crippen LogP contribution in [0.15, 0.2) is 41.0 Å². The van der Waals surface area contributed by atoms with E-state index in [4.69, 9.17) is 0 Å². The number of nitrogens with one attached hydrogen (secondary N) is 1. The fraction of sp³-hybridized carbons (Fsp3) is 0.133. The van der Waals surface area contributed by atoms with Crippen LogP contribution in [0.25, 0.3) is 22.4 Å². The van der Waals surface area contributed by atoms with Gasteiger partial charge in [-0.2, -0.15) is 0 Å². The summed E-state index contributed by atoms with van der Waals surface area (Å²) < 4.78 is 1.89. The fourth-order valence-electron chi connectivity index (χ4n) is 2.02. The number of hydrogen-bond donors (Lipinski definition) is 1. The topological polar surface area (TPSA) is 50.7 Å². The van der Waals surface area contributed by atoms with E-state index in [0.29, 0.717) is 5.82 Å². The number of nitrogens with zero attached hydrogens (tertiary/aromatic N) is 3. The van der Waals surface area contributed by atoms with E-state index < -0.39 is 0 Å². The Morgan fingerprint density at radius 3 is 2.86 bits per heavy atom. The van der Waals surface area contributed by atoms with Crippen molar-refractivity contribution in [2.75, 3.05) is 11.9 Å². The molecule has 0 bridgehead atoms. The lowest BCUT2D eigenvalue weighted by Gasteiger charge is -2.09. The van der Waals surface area contributed by atoms with Gasteiger partial charge in [-0.1, -0.05) is 18.2 Å². The van der Waals surface area contributed by atoms with Gasteiger partial charge in [0, 0.05) is 22.6 Å². The smallest absolute Gasteiger partial charge is 0.181 e. The number of rotatable bonds is 3. The van der Waals surface area contributed by atoms with E-state index in [9.17, 15) is 0 Å². The van der Waals surface area contributed by atoms with E-state index in [1.165, 1.54) is 0 Å². The molecule has 0 radical (unpaired) electrons. The normalized spacial score (nSPS) is 10.8. The maximum absolute atomic E-state index is 4.67. The summed E-state index contributed by atoms with van der Waals surface area (Å²) in [6.07, 6.45) is 1.81. The zero-order valence-electron chi connectivity index (χ0n) is 11.3. The standard InChI is InChI=1S/C15H12BrIN4/c1-2-18-14-11(17)8-19-15(21-14)13-10(16)7-9-5-3-4-6-12(9)20-13/h3-8H,2H2,1H3,(H,18,19,21). The Morgan fingerprint density at radius 2 is 2.05 bits per heavy atom. The molecular weight excluding hydrogens is 443 g/mol. The average molecular weight is 455 g/mol. The fourth-order valence-corrected chi connectivity index (χ4v) is 2.98. The molecule has 3 aromatic rings. The Labute approximate surface area is 144 Å². The highest BCUT2D eigenvalue weighted by molar-refractivity contribution is 14.1. The minimum atomic E-state index is 0.615. The SMILES string of the molecule is CCNc1nc(-c2nc3ccccc3cc2Br)ncc1I. The minimum Gasteiger partial charge on any atom is -0.369 e. The molecule has 0 atom stereocenters. The van der Waals surface area contributed by atoms with Crippen molar-refractivity contribution >= 4 is 55.2 Å². The van der Waals surface area contributed by atoms with Gasteiger partial charge in [0.1, 0.15) is 11.5 Å². The molecule has 4 nitrogen and oxygen atoms in total. The predicted molar refractivity (Wildman–Crippen MR) is 97.3 cm³/mol. The van der Waals surface area contributed by atoms with E-state index in [1.54, 1.807) is 0 Å². The number of anilines is 1. The first kappa shape index (κ1) is 14.6. The molecule has 0 aliphatic rings. The summed E-state index contributed by atoms with van der Waals surface area (Å²) in [6.45, 7) is 2.86. The van der Waals surface area contributed by atoms with Gasteiger partial charge in [0.2, 0.25) is 0 Å². The van der Waals surface area contributed by atoms with Gasteiger partial charge in [-0.3, -0.25) is 0 Å². The summed E-state index contributed by atoms with van der Waals surface area (Å²) in [7, 11) is 0. The van der Waals surface area contributed by atoms with Gasteiger partial charge in [-0.25, -0.2) is 15.0 Å². The van der Waals surface area contributed by atoms with E-state index >= 15 is 0 Å². The number of aromatic nitrogens is 3. The molecule has 3 rings (SSSR count). The van der Waals surface area contributed by atoms with E-state index in [1.807, 2.05) is 43.5 Å².